The first kappa shape index (κ1) is 17.5. The molecule has 2 aromatic carbocycles. The van der Waals surface area contributed by atoms with Gasteiger partial charge in [0.1, 0.15) is 5.76 Å². The minimum Gasteiger partial charge on any atom is -0.465 e. The predicted molar refractivity (Wildman–Crippen MR) is 103 cm³/mol. The van der Waals surface area contributed by atoms with Crippen LogP contribution in [0.15, 0.2) is 76.4 Å². The van der Waals surface area contributed by atoms with E-state index in [1.54, 1.807) is 43.3 Å². The number of hydrogen-bond acceptors (Lipinski definition) is 6. The molecule has 0 unspecified atom stereocenters. The summed E-state index contributed by atoms with van der Waals surface area (Å²) in [7, 11) is 0. The van der Waals surface area contributed by atoms with Gasteiger partial charge in [-0.3, -0.25) is 14.9 Å². The van der Waals surface area contributed by atoms with E-state index in [0.717, 1.165) is 0 Å². The topological polar surface area (TPSA) is 101 Å². The Balaban J connectivity index is 1.73. The fraction of sp³-hybridized carbons (Fsp3) is 0.100. The smallest absolute Gasteiger partial charge is 0.278 e. The molecule has 4 rings (SSSR count). The molecule has 1 N–H and O–H groups in total. The number of fused-ring (bicyclic) bond motifs is 1. The number of hydrazone groups is 1. The van der Waals surface area contributed by atoms with Gasteiger partial charge in [-0.15, -0.1) is 0 Å². The van der Waals surface area contributed by atoms with Crippen molar-refractivity contribution in [3.05, 3.63) is 93.9 Å². The number of furan rings is 1. The fourth-order valence-corrected chi connectivity index (χ4v) is 3.03. The molecule has 8 nitrogen and oxygen atoms in total. The number of para-hydroxylation sites is 1. The Labute approximate surface area is 160 Å². The van der Waals surface area contributed by atoms with Crippen LogP contribution in [0.4, 0.5) is 11.4 Å². The average molecular weight is 376 g/mol. The first-order chi connectivity index (χ1) is 13.5. The van der Waals surface area contributed by atoms with Crippen LogP contribution in [0.2, 0.25) is 0 Å². The molecular formula is C20H16N4O4. The van der Waals surface area contributed by atoms with E-state index in [4.69, 9.17) is 4.42 Å². The molecule has 0 bridgehead atoms. The number of nitro benzene ring substituents is 1. The molecule has 140 valence electrons. The summed E-state index contributed by atoms with van der Waals surface area (Å²) in [5.41, 5.74) is 2.42. The lowest BCUT2D eigenvalue weighted by Gasteiger charge is -2.33. The van der Waals surface area contributed by atoms with Gasteiger partial charge in [-0.1, -0.05) is 12.1 Å². The predicted octanol–water partition coefficient (Wildman–Crippen LogP) is 4.18. The van der Waals surface area contributed by atoms with Crippen molar-refractivity contribution >= 4 is 23.0 Å². The number of nitrogens with one attached hydrogen (secondary N) is 1. The van der Waals surface area contributed by atoms with E-state index < -0.39 is 11.1 Å². The third kappa shape index (κ3) is 3.11. The highest BCUT2D eigenvalue weighted by molar-refractivity contribution is 6.04. The highest BCUT2D eigenvalue weighted by Gasteiger charge is 2.34. The second kappa shape index (κ2) is 6.99. The Bertz CT molecular complexity index is 1060. The van der Waals surface area contributed by atoms with Crippen LogP contribution < -0.4 is 5.32 Å². The molecule has 1 aliphatic heterocycles. The van der Waals surface area contributed by atoms with Gasteiger partial charge in [-0.25, -0.2) is 0 Å². The number of amides is 1. The van der Waals surface area contributed by atoms with Crippen LogP contribution in [0, 0.1) is 10.1 Å². The van der Waals surface area contributed by atoms with E-state index in [0.29, 0.717) is 28.3 Å². The molecule has 0 saturated heterocycles. The summed E-state index contributed by atoms with van der Waals surface area (Å²) in [6, 6.07) is 16.7. The van der Waals surface area contributed by atoms with Gasteiger partial charge >= 0.3 is 0 Å². The molecule has 1 atom stereocenters. The van der Waals surface area contributed by atoms with Crippen molar-refractivity contribution in [3.8, 4) is 0 Å². The Morgan fingerprint density at radius 1 is 1.14 bits per heavy atom. The summed E-state index contributed by atoms with van der Waals surface area (Å²) in [5.74, 6) is 0.278. The molecule has 0 fully saturated rings. The molecule has 8 heteroatoms. The van der Waals surface area contributed by atoms with Crippen molar-refractivity contribution in [2.45, 2.75) is 13.1 Å². The minimum atomic E-state index is -0.606. The van der Waals surface area contributed by atoms with Gasteiger partial charge in [0.05, 0.1) is 22.5 Å². The summed E-state index contributed by atoms with van der Waals surface area (Å²) in [6.07, 6.45) is 0.929. The van der Waals surface area contributed by atoms with Gasteiger partial charge in [0.2, 0.25) is 0 Å². The van der Waals surface area contributed by atoms with E-state index >= 15 is 0 Å². The van der Waals surface area contributed by atoms with Crippen molar-refractivity contribution < 1.29 is 14.1 Å². The number of benzene rings is 2. The summed E-state index contributed by atoms with van der Waals surface area (Å²) in [5, 5.41) is 20.0. The molecule has 1 aliphatic rings. The molecule has 0 aliphatic carbocycles. The van der Waals surface area contributed by atoms with Crippen molar-refractivity contribution in [2.24, 2.45) is 5.10 Å². The second-order valence-electron chi connectivity index (χ2n) is 6.25. The number of nitrogens with zero attached hydrogens (tertiary/aromatic N) is 3. The Hall–Kier alpha value is -3.94. The van der Waals surface area contributed by atoms with Crippen LogP contribution >= 0.6 is 0 Å². The van der Waals surface area contributed by atoms with Gasteiger partial charge in [0.15, 0.2) is 6.17 Å². The average Bonchev–Trinajstić information content (AvgIpc) is 3.24. The molecular weight excluding hydrogens is 360 g/mol. The van der Waals surface area contributed by atoms with Gasteiger partial charge in [-0.05, 0) is 48.9 Å². The van der Waals surface area contributed by atoms with E-state index in [-0.39, 0.29) is 11.6 Å². The van der Waals surface area contributed by atoms with Crippen molar-refractivity contribution in [3.63, 3.8) is 0 Å². The normalized spacial score (nSPS) is 16.5. The fourth-order valence-electron chi connectivity index (χ4n) is 3.03. The van der Waals surface area contributed by atoms with E-state index in [1.165, 1.54) is 23.4 Å². The van der Waals surface area contributed by atoms with Gasteiger partial charge in [0, 0.05) is 17.8 Å². The highest BCUT2D eigenvalue weighted by Crippen LogP contribution is 2.33. The zero-order valence-electron chi connectivity index (χ0n) is 14.9. The van der Waals surface area contributed by atoms with Gasteiger partial charge in [0.25, 0.3) is 11.6 Å². The van der Waals surface area contributed by atoms with Crippen LogP contribution in [0.25, 0.3) is 0 Å². The molecule has 1 aromatic heterocycles. The number of carbonyl (C=O) groups is 1. The number of hydrogen-bond donors (Lipinski definition) is 1. The van der Waals surface area contributed by atoms with E-state index in [2.05, 4.69) is 10.4 Å². The number of rotatable bonds is 4. The first-order valence-electron chi connectivity index (χ1n) is 8.57. The van der Waals surface area contributed by atoms with Crippen molar-refractivity contribution in [2.75, 3.05) is 5.32 Å². The zero-order chi connectivity index (χ0) is 19.7. The summed E-state index contributed by atoms with van der Waals surface area (Å²) >= 11 is 0. The second-order valence-corrected chi connectivity index (χ2v) is 6.25. The molecule has 3 aromatic rings. The van der Waals surface area contributed by atoms with Crippen molar-refractivity contribution in [1.82, 2.24) is 5.01 Å². The number of carbonyl (C=O) groups excluding carboxylic acids is 1. The maximum Gasteiger partial charge on any atom is 0.278 e. The highest BCUT2D eigenvalue weighted by atomic mass is 16.6. The van der Waals surface area contributed by atoms with E-state index in [9.17, 15) is 14.9 Å². The van der Waals surface area contributed by atoms with E-state index in [1.807, 2.05) is 12.1 Å². The Morgan fingerprint density at radius 3 is 2.57 bits per heavy atom. The molecule has 0 spiro atoms. The lowest BCUT2D eigenvalue weighted by atomic mass is 10.1. The summed E-state index contributed by atoms with van der Waals surface area (Å²) in [4.78, 5) is 23.5. The molecule has 1 amide bonds. The standard InChI is InChI=1S/C20H16N4O4/c1-13(14-8-10-15(11-9-14)24(26)27)22-23-19(18-7-4-12-28-18)21-17-6-3-2-5-16(17)20(23)25/h2-12,19,21H,1H3/b22-13-/t19-/m0/s1. The number of nitro groups is 1. The van der Waals surface area contributed by atoms with Gasteiger partial charge in [-0.2, -0.15) is 10.1 Å². The maximum atomic E-state index is 13.1. The van der Waals surface area contributed by atoms with Gasteiger partial charge < -0.3 is 9.73 Å². The maximum absolute atomic E-state index is 13.1. The number of non-ortho nitro benzene ring substituents is 1. The molecule has 0 radical (unpaired) electrons. The summed E-state index contributed by atoms with van der Waals surface area (Å²) < 4.78 is 5.50. The third-order valence-corrected chi connectivity index (χ3v) is 4.47. The van der Waals surface area contributed by atoms with Crippen LogP contribution in [0.3, 0.4) is 0 Å². The first-order valence-corrected chi connectivity index (χ1v) is 8.57. The quantitative estimate of drug-likeness (QED) is 0.418. The Morgan fingerprint density at radius 2 is 1.89 bits per heavy atom. The lowest BCUT2D eigenvalue weighted by molar-refractivity contribution is -0.384. The molecule has 28 heavy (non-hydrogen) atoms. The zero-order valence-corrected chi connectivity index (χ0v) is 14.9. The van der Waals surface area contributed by atoms with Crippen LogP contribution in [0.5, 0.6) is 0 Å². The SMILES string of the molecule is C/C(=N/N1C(=O)c2ccccc2N[C@@H]1c1ccco1)c1ccc([N+](=O)[O-])cc1. The van der Waals surface area contributed by atoms with Crippen LogP contribution in [0.1, 0.15) is 34.8 Å². The summed E-state index contributed by atoms with van der Waals surface area (Å²) in [6.45, 7) is 1.74. The van der Waals surface area contributed by atoms with Crippen molar-refractivity contribution in [1.29, 1.82) is 0 Å². The third-order valence-electron chi connectivity index (χ3n) is 4.47. The monoisotopic (exact) mass is 376 g/mol. The largest absolute Gasteiger partial charge is 0.465 e. The minimum absolute atomic E-state index is 0.00495. The van der Waals surface area contributed by atoms with Crippen LogP contribution in [-0.4, -0.2) is 21.6 Å². The lowest BCUT2D eigenvalue weighted by Crippen LogP contribution is -2.40. The molecule has 0 saturated carbocycles. The molecule has 2 heterocycles. The number of anilines is 1. The Kier molecular flexibility index (Phi) is 4.36. The van der Waals surface area contributed by atoms with Crippen LogP contribution in [-0.2, 0) is 0 Å².